The molecule has 1 amide bonds. The maximum absolute atomic E-state index is 13.8. The number of carbonyl (C=O) groups excluding carboxylic acids is 1. The first-order valence-corrected chi connectivity index (χ1v) is 12.7. The monoisotopic (exact) mass is 494 g/mol. The molecule has 9 nitrogen and oxygen atoms in total. The van der Waals surface area contributed by atoms with Crippen molar-refractivity contribution in [2.24, 2.45) is 0 Å². The predicted octanol–water partition coefficient (Wildman–Crippen LogP) is 3.98. The van der Waals surface area contributed by atoms with E-state index in [-0.39, 0.29) is 11.4 Å². The third kappa shape index (κ3) is 4.05. The van der Waals surface area contributed by atoms with E-state index in [0.29, 0.717) is 36.0 Å². The van der Waals surface area contributed by atoms with Crippen LogP contribution in [0.1, 0.15) is 48.3 Å². The smallest absolute Gasteiger partial charge is 0.260 e. The Balaban J connectivity index is 1.36. The first-order valence-electron chi connectivity index (χ1n) is 12.7. The lowest BCUT2D eigenvalue weighted by atomic mass is 10.0. The van der Waals surface area contributed by atoms with Crippen LogP contribution in [-0.2, 0) is 13.1 Å². The van der Waals surface area contributed by atoms with E-state index in [1.54, 1.807) is 11.2 Å². The molecule has 0 radical (unpaired) electrons. The van der Waals surface area contributed by atoms with Crippen molar-refractivity contribution in [2.45, 2.75) is 45.3 Å². The van der Waals surface area contributed by atoms with Gasteiger partial charge in [-0.2, -0.15) is 0 Å². The van der Waals surface area contributed by atoms with Crippen LogP contribution in [0.2, 0.25) is 0 Å². The predicted molar refractivity (Wildman–Crippen MR) is 143 cm³/mol. The number of aromatic nitrogens is 5. The summed E-state index contributed by atoms with van der Waals surface area (Å²) in [6.45, 7) is 6.46. The second kappa shape index (κ2) is 9.08. The highest BCUT2D eigenvalue weighted by molar-refractivity contribution is 6.10. The molecule has 4 aromatic rings. The van der Waals surface area contributed by atoms with Gasteiger partial charge in [-0.1, -0.05) is 24.3 Å². The van der Waals surface area contributed by atoms with Crippen molar-refractivity contribution in [2.75, 3.05) is 23.4 Å². The zero-order valence-corrected chi connectivity index (χ0v) is 21.3. The molecular formula is C28H30N8O. The number of para-hydroxylation sites is 1. The van der Waals surface area contributed by atoms with E-state index in [0.717, 1.165) is 42.1 Å². The quantitative estimate of drug-likeness (QED) is 0.433. The van der Waals surface area contributed by atoms with E-state index in [1.165, 1.54) is 0 Å². The Morgan fingerprint density at radius 1 is 1.03 bits per heavy atom. The van der Waals surface area contributed by atoms with Crippen molar-refractivity contribution in [1.29, 1.82) is 0 Å². The molecule has 6 rings (SSSR count). The standard InChI is InChI=1S/C28H30N8O/c1-28(2)13-8-14-36(28)25-15-20-21(23(32-25)16-29-3)17-34(27(20)37)24-12-7-11-22(31-24)26-33-30-18-35(26)19-9-5-4-6-10-19/h4-7,9-12,15,18,29H,8,13-14,16-17H2,1-3H3. The molecule has 1 N–H and O–H groups in total. The van der Waals surface area contributed by atoms with Crippen molar-refractivity contribution in [1.82, 2.24) is 30.0 Å². The molecule has 0 aliphatic carbocycles. The minimum absolute atomic E-state index is 0.0179. The SMILES string of the molecule is CNCc1nc(N2CCCC2(C)C)cc2c1CN(c1cccc(-c3nncn3-c3ccccc3)n1)C2=O. The molecule has 0 spiro atoms. The minimum atomic E-state index is -0.0535. The normalized spacial score (nSPS) is 16.5. The molecule has 1 aromatic carbocycles. The summed E-state index contributed by atoms with van der Waals surface area (Å²) in [6.07, 6.45) is 3.90. The molecule has 0 unspecified atom stereocenters. The summed E-state index contributed by atoms with van der Waals surface area (Å²) < 4.78 is 1.89. The Morgan fingerprint density at radius 2 is 1.86 bits per heavy atom. The van der Waals surface area contributed by atoms with Gasteiger partial charge in [-0.05, 0) is 64.1 Å². The third-order valence-electron chi connectivity index (χ3n) is 7.33. The first-order chi connectivity index (χ1) is 18.0. The third-order valence-corrected chi connectivity index (χ3v) is 7.33. The Bertz CT molecular complexity index is 1460. The second-order valence-corrected chi connectivity index (χ2v) is 10.2. The summed E-state index contributed by atoms with van der Waals surface area (Å²) in [6, 6.07) is 17.5. The number of nitrogens with one attached hydrogen (secondary N) is 1. The molecular weight excluding hydrogens is 464 g/mol. The summed E-state index contributed by atoms with van der Waals surface area (Å²) >= 11 is 0. The number of carbonyl (C=O) groups is 1. The number of anilines is 2. The van der Waals surface area contributed by atoms with Gasteiger partial charge in [0, 0.05) is 29.9 Å². The molecule has 3 aromatic heterocycles. The molecule has 188 valence electrons. The molecule has 5 heterocycles. The summed E-state index contributed by atoms with van der Waals surface area (Å²) in [4.78, 5) is 27.7. The molecule has 0 atom stereocenters. The van der Waals surface area contributed by atoms with E-state index in [4.69, 9.17) is 9.97 Å². The van der Waals surface area contributed by atoms with Crippen molar-refractivity contribution >= 4 is 17.5 Å². The number of rotatable bonds is 6. The Kier molecular flexibility index (Phi) is 5.72. The molecule has 2 aliphatic heterocycles. The topological polar surface area (TPSA) is 92.1 Å². The van der Waals surface area contributed by atoms with Gasteiger partial charge < -0.3 is 10.2 Å². The van der Waals surface area contributed by atoms with Gasteiger partial charge in [0.05, 0.1) is 17.8 Å². The largest absolute Gasteiger partial charge is 0.351 e. The number of hydrogen-bond donors (Lipinski definition) is 1. The molecule has 1 fully saturated rings. The lowest BCUT2D eigenvalue weighted by Gasteiger charge is -2.33. The average molecular weight is 495 g/mol. The van der Waals surface area contributed by atoms with Gasteiger partial charge in [-0.25, -0.2) is 9.97 Å². The molecule has 0 bridgehead atoms. The van der Waals surface area contributed by atoms with Crippen molar-refractivity contribution in [3.63, 3.8) is 0 Å². The molecule has 37 heavy (non-hydrogen) atoms. The van der Waals surface area contributed by atoms with Gasteiger partial charge in [-0.3, -0.25) is 14.3 Å². The van der Waals surface area contributed by atoms with Crippen LogP contribution in [-0.4, -0.2) is 49.8 Å². The van der Waals surface area contributed by atoms with Crippen LogP contribution in [0, 0.1) is 0 Å². The number of hydrogen-bond acceptors (Lipinski definition) is 7. The summed E-state index contributed by atoms with van der Waals surface area (Å²) in [7, 11) is 1.91. The van der Waals surface area contributed by atoms with Gasteiger partial charge in [0.1, 0.15) is 23.7 Å². The van der Waals surface area contributed by atoms with Gasteiger partial charge in [0.15, 0.2) is 5.82 Å². The Hall–Kier alpha value is -4.11. The van der Waals surface area contributed by atoms with Crippen molar-refractivity contribution in [3.8, 4) is 17.2 Å². The van der Waals surface area contributed by atoms with Crippen LogP contribution >= 0.6 is 0 Å². The number of amides is 1. The fraction of sp³-hybridized carbons (Fsp3) is 0.321. The van der Waals surface area contributed by atoms with Crippen LogP contribution in [0.5, 0.6) is 0 Å². The van der Waals surface area contributed by atoms with Crippen LogP contribution in [0.25, 0.3) is 17.2 Å². The fourth-order valence-corrected chi connectivity index (χ4v) is 5.41. The highest BCUT2D eigenvalue weighted by Gasteiger charge is 2.37. The van der Waals surface area contributed by atoms with Crippen molar-refractivity contribution in [3.05, 3.63) is 77.7 Å². The van der Waals surface area contributed by atoms with Crippen LogP contribution in [0.4, 0.5) is 11.6 Å². The van der Waals surface area contributed by atoms with Crippen LogP contribution in [0.15, 0.2) is 60.9 Å². The van der Waals surface area contributed by atoms with E-state index < -0.39 is 0 Å². The van der Waals surface area contributed by atoms with E-state index >= 15 is 0 Å². The highest BCUT2D eigenvalue weighted by Crippen LogP contribution is 2.37. The lowest BCUT2D eigenvalue weighted by Crippen LogP contribution is -2.39. The molecule has 2 aliphatic rings. The zero-order chi connectivity index (χ0) is 25.6. The summed E-state index contributed by atoms with van der Waals surface area (Å²) in [5.74, 6) is 2.02. The summed E-state index contributed by atoms with van der Waals surface area (Å²) in [5, 5.41) is 11.7. The summed E-state index contributed by atoms with van der Waals surface area (Å²) in [5.41, 5.74) is 4.19. The van der Waals surface area contributed by atoms with Crippen LogP contribution in [0.3, 0.4) is 0 Å². The van der Waals surface area contributed by atoms with Gasteiger partial charge >= 0.3 is 0 Å². The van der Waals surface area contributed by atoms with E-state index in [2.05, 4.69) is 34.3 Å². The van der Waals surface area contributed by atoms with Gasteiger partial charge in [-0.15, -0.1) is 10.2 Å². The maximum atomic E-state index is 13.8. The number of nitrogens with zero attached hydrogens (tertiary/aromatic N) is 7. The van der Waals surface area contributed by atoms with E-state index in [9.17, 15) is 4.79 Å². The molecule has 9 heteroatoms. The maximum Gasteiger partial charge on any atom is 0.260 e. The van der Waals surface area contributed by atoms with Gasteiger partial charge in [0.25, 0.3) is 5.91 Å². The lowest BCUT2D eigenvalue weighted by molar-refractivity contribution is 0.0996. The minimum Gasteiger partial charge on any atom is -0.351 e. The molecule has 0 saturated carbocycles. The number of pyridine rings is 2. The highest BCUT2D eigenvalue weighted by atomic mass is 16.2. The van der Waals surface area contributed by atoms with Crippen LogP contribution < -0.4 is 15.1 Å². The number of fused-ring (bicyclic) bond motifs is 1. The zero-order valence-electron chi connectivity index (χ0n) is 21.3. The molecule has 1 saturated heterocycles. The Labute approximate surface area is 216 Å². The number of benzene rings is 1. The van der Waals surface area contributed by atoms with E-state index in [1.807, 2.05) is 66.2 Å². The Morgan fingerprint density at radius 3 is 2.62 bits per heavy atom. The first kappa shape index (κ1) is 23.3. The van der Waals surface area contributed by atoms with Crippen molar-refractivity contribution < 1.29 is 4.79 Å². The fourth-order valence-electron chi connectivity index (χ4n) is 5.41. The average Bonchev–Trinajstić information content (AvgIpc) is 3.62. The van der Waals surface area contributed by atoms with Gasteiger partial charge in [0.2, 0.25) is 0 Å². The second-order valence-electron chi connectivity index (χ2n) is 10.2.